The van der Waals surface area contributed by atoms with Crippen molar-refractivity contribution in [3.8, 4) is 5.75 Å². The first-order valence-electron chi connectivity index (χ1n) is 11.3. The summed E-state index contributed by atoms with van der Waals surface area (Å²) in [5.74, 6) is -2.41. The molecule has 3 aromatic rings. The van der Waals surface area contributed by atoms with E-state index in [4.69, 9.17) is 21.3 Å². The molecule has 35 heavy (non-hydrogen) atoms. The minimum atomic E-state index is -1.52. The third-order valence-corrected chi connectivity index (χ3v) is 5.47. The van der Waals surface area contributed by atoms with E-state index in [1.54, 1.807) is 30.3 Å². The highest BCUT2D eigenvalue weighted by Crippen LogP contribution is 2.23. The van der Waals surface area contributed by atoms with Gasteiger partial charge in [0.25, 0.3) is 5.91 Å². The van der Waals surface area contributed by atoms with Gasteiger partial charge >= 0.3 is 5.97 Å². The first-order valence-corrected chi connectivity index (χ1v) is 11.3. The Bertz CT molecular complexity index is 1160. The van der Waals surface area contributed by atoms with Crippen molar-refractivity contribution in [1.82, 2.24) is 5.32 Å². The molecule has 182 valence electrons. The van der Waals surface area contributed by atoms with Gasteiger partial charge in [0, 0.05) is 17.5 Å². The van der Waals surface area contributed by atoms with Gasteiger partial charge in [-0.05, 0) is 47.7 Å². The molecule has 0 bridgehead atoms. The summed E-state index contributed by atoms with van der Waals surface area (Å²) in [5, 5.41) is 11.7. The molecule has 0 atom stereocenters. The molecule has 0 fully saturated rings. The maximum absolute atomic E-state index is 12.5. The SMILES string of the molecule is NC(N)c1ccc(CC(=O)C(=O)O)c(OCCNC(=O)c2ccc(CCc3ccccc3)cc2)c1. The highest BCUT2D eigenvalue weighted by Gasteiger charge is 2.17. The van der Waals surface area contributed by atoms with Gasteiger partial charge in [0.1, 0.15) is 12.4 Å². The first kappa shape index (κ1) is 25.6. The van der Waals surface area contributed by atoms with Crippen molar-refractivity contribution in [3.05, 3.63) is 101 Å². The quantitative estimate of drug-likeness (QED) is 0.179. The summed E-state index contributed by atoms with van der Waals surface area (Å²) in [6.45, 7) is 0.318. The van der Waals surface area contributed by atoms with Crippen LogP contribution in [0.1, 0.15) is 38.8 Å². The third kappa shape index (κ3) is 7.77. The second-order valence-corrected chi connectivity index (χ2v) is 8.08. The average Bonchev–Trinajstić information content (AvgIpc) is 2.86. The zero-order valence-corrected chi connectivity index (χ0v) is 19.3. The number of nitrogens with one attached hydrogen (secondary N) is 1. The van der Waals surface area contributed by atoms with Crippen LogP contribution in [0.25, 0.3) is 0 Å². The Morgan fingerprint density at radius 2 is 1.54 bits per heavy atom. The molecule has 0 unspecified atom stereocenters. The summed E-state index contributed by atoms with van der Waals surface area (Å²) in [6, 6.07) is 22.5. The standard InChI is InChI=1S/C27H29N3O5/c28-25(29)22-13-12-21(16-23(31)27(33)34)24(17-22)35-15-14-30-26(32)20-10-8-19(9-11-20)7-6-18-4-2-1-3-5-18/h1-5,8-13,17,25H,6-7,14-16,28-29H2,(H,30,32)(H,33,34). The van der Waals surface area contributed by atoms with Crippen LogP contribution in [-0.4, -0.2) is 35.9 Å². The minimum absolute atomic E-state index is 0.110. The van der Waals surface area contributed by atoms with E-state index in [1.807, 2.05) is 30.3 Å². The Labute approximate surface area is 203 Å². The summed E-state index contributed by atoms with van der Waals surface area (Å²) in [7, 11) is 0. The van der Waals surface area contributed by atoms with Crippen LogP contribution in [0, 0.1) is 0 Å². The lowest BCUT2D eigenvalue weighted by Gasteiger charge is -2.14. The summed E-state index contributed by atoms with van der Waals surface area (Å²) < 4.78 is 5.72. The number of carboxylic acids is 1. The summed E-state index contributed by atoms with van der Waals surface area (Å²) in [6.07, 6.45) is 0.739. The van der Waals surface area contributed by atoms with Crippen LogP contribution in [0.5, 0.6) is 5.75 Å². The highest BCUT2D eigenvalue weighted by molar-refractivity contribution is 6.33. The fraction of sp³-hybridized carbons (Fsp3) is 0.222. The summed E-state index contributed by atoms with van der Waals surface area (Å²) >= 11 is 0. The molecule has 0 aliphatic heterocycles. The number of carboxylic acid groups (broad SMARTS) is 1. The van der Waals surface area contributed by atoms with Gasteiger partial charge < -0.3 is 26.6 Å². The molecule has 0 aliphatic rings. The van der Waals surface area contributed by atoms with Gasteiger partial charge in [-0.3, -0.25) is 9.59 Å². The van der Waals surface area contributed by atoms with E-state index in [1.165, 1.54) is 5.56 Å². The van der Waals surface area contributed by atoms with Crippen molar-refractivity contribution < 1.29 is 24.2 Å². The zero-order chi connectivity index (χ0) is 25.2. The van der Waals surface area contributed by atoms with Crippen LogP contribution in [-0.2, 0) is 28.9 Å². The lowest BCUT2D eigenvalue weighted by molar-refractivity contribution is -0.148. The van der Waals surface area contributed by atoms with E-state index < -0.39 is 17.9 Å². The molecule has 3 rings (SSSR count). The molecule has 8 heteroatoms. The second-order valence-electron chi connectivity index (χ2n) is 8.08. The van der Waals surface area contributed by atoms with Crippen LogP contribution >= 0.6 is 0 Å². The van der Waals surface area contributed by atoms with Crippen molar-refractivity contribution in [3.63, 3.8) is 0 Å². The number of benzene rings is 3. The van der Waals surface area contributed by atoms with Crippen molar-refractivity contribution in [2.24, 2.45) is 11.5 Å². The van der Waals surface area contributed by atoms with E-state index in [-0.39, 0.29) is 25.5 Å². The molecular formula is C27H29N3O5. The Kier molecular flexibility index (Phi) is 9.11. The number of nitrogens with two attached hydrogens (primary N) is 2. The van der Waals surface area contributed by atoms with Gasteiger partial charge in [-0.25, -0.2) is 4.79 Å². The van der Waals surface area contributed by atoms with Gasteiger partial charge in [-0.2, -0.15) is 0 Å². The molecule has 0 radical (unpaired) electrons. The van der Waals surface area contributed by atoms with E-state index in [2.05, 4.69) is 17.4 Å². The summed E-state index contributed by atoms with van der Waals surface area (Å²) in [5.41, 5.74) is 15.3. The number of rotatable bonds is 12. The number of hydrogen-bond acceptors (Lipinski definition) is 6. The van der Waals surface area contributed by atoms with Gasteiger partial charge in [-0.1, -0.05) is 54.6 Å². The second kappa shape index (κ2) is 12.5. The molecule has 6 N–H and O–H groups in total. The third-order valence-electron chi connectivity index (χ3n) is 5.47. The zero-order valence-electron chi connectivity index (χ0n) is 19.3. The molecule has 0 saturated heterocycles. The molecule has 0 spiro atoms. The van der Waals surface area contributed by atoms with Crippen LogP contribution < -0.4 is 21.5 Å². The molecule has 0 heterocycles. The maximum Gasteiger partial charge on any atom is 0.372 e. The number of amides is 1. The van der Waals surface area contributed by atoms with E-state index >= 15 is 0 Å². The Balaban J connectivity index is 1.51. The van der Waals surface area contributed by atoms with Crippen molar-refractivity contribution in [2.45, 2.75) is 25.4 Å². The molecular weight excluding hydrogens is 446 g/mol. The smallest absolute Gasteiger partial charge is 0.372 e. The Morgan fingerprint density at radius 3 is 2.17 bits per heavy atom. The van der Waals surface area contributed by atoms with Crippen molar-refractivity contribution in [1.29, 1.82) is 0 Å². The normalized spacial score (nSPS) is 10.7. The highest BCUT2D eigenvalue weighted by atomic mass is 16.5. The Morgan fingerprint density at radius 1 is 0.886 bits per heavy atom. The predicted octanol–water partition coefficient (Wildman–Crippen LogP) is 2.39. The number of aliphatic carboxylic acids is 1. The topological polar surface area (TPSA) is 145 Å². The van der Waals surface area contributed by atoms with E-state index in [0.29, 0.717) is 22.4 Å². The molecule has 0 aliphatic carbocycles. The average molecular weight is 476 g/mol. The molecule has 1 amide bonds. The van der Waals surface area contributed by atoms with E-state index in [9.17, 15) is 14.4 Å². The fourth-order valence-corrected chi connectivity index (χ4v) is 3.49. The van der Waals surface area contributed by atoms with Gasteiger partial charge in [-0.15, -0.1) is 0 Å². The van der Waals surface area contributed by atoms with E-state index in [0.717, 1.165) is 18.4 Å². The first-order chi connectivity index (χ1) is 16.8. The van der Waals surface area contributed by atoms with Gasteiger partial charge in [0.15, 0.2) is 0 Å². The van der Waals surface area contributed by atoms with Crippen LogP contribution in [0.15, 0.2) is 72.8 Å². The molecule has 3 aromatic carbocycles. The fourth-order valence-electron chi connectivity index (χ4n) is 3.49. The predicted molar refractivity (Wildman–Crippen MR) is 132 cm³/mol. The lowest BCUT2D eigenvalue weighted by atomic mass is 10.0. The number of aryl methyl sites for hydroxylation is 2. The largest absolute Gasteiger partial charge is 0.491 e. The van der Waals surface area contributed by atoms with Crippen LogP contribution in [0.2, 0.25) is 0 Å². The van der Waals surface area contributed by atoms with Crippen LogP contribution in [0.3, 0.4) is 0 Å². The van der Waals surface area contributed by atoms with Crippen molar-refractivity contribution in [2.75, 3.05) is 13.2 Å². The molecule has 0 aromatic heterocycles. The number of ketones is 1. The van der Waals surface area contributed by atoms with Crippen LogP contribution in [0.4, 0.5) is 0 Å². The number of carbonyl (C=O) groups excluding carboxylic acids is 2. The van der Waals surface area contributed by atoms with Gasteiger partial charge in [0.05, 0.1) is 12.7 Å². The van der Waals surface area contributed by atoms with Gasteiger partial charge in [0.2, 0.25) is 5.78 Å². The minimum Gasteiger partial charge on any atom is -0.491 e. The van der Waals surface area contributed by atoms with Crippen molar-refractivity contribution >= 4 is 17.7 Å². The maximum atomic E-state index is 12.5. The summed E-state index contributed by atoms with van der Waals surface area (Å²) in [4.78, 5) is 35.0. The Hall–Kier alpha value is -4.01. The number of Topliss-reactive ketones (excluding diaryl/α,β-unsaturated/α-hetero) is 1. The monoisotopic (exact) mass is 475 g/mol. The number of carbonyl (C=O) groups is 3. The lowest BCUT2D eigenvalue weighted by Crippen LogP contribution is -2.28. The number of hydrogen-bond donors (Lipinski definition) is 4. The number of ether oxygens (including phenoxy) is 1. The molecule has 8 nitrogen and oxygen atoms in total. The molecule has 0 saturated carbocycles.